The van der Waals surface area contributed by atoms with E-state index in [0.29, 0.717) is 22.6 Å². The molecule has 0 fully saturated rings. The van der Waals surface area contributed by atoms with Crippen LogP contribution in [-0.4, -0.2) is 21.2 Å². The van der Waals surface area contributed by atoms with E-state index in [2.05, 4.69) is 25.8 Å². The van der Waals surface area contributed by atoms with Gasteiger partial charge in [-0.15, -0.1) is 0 Å². The van der Waals surface area contributed by atoms with Gasteiger partial charge >= 0.3 is 6.03 Å². The Bertz CT molecular complexity index is 814. The summed E-state index contributed by atoms with van der Waals surface area (Å²) in [6.07, 6.45) is 1.62. The second-order valence-electron chi connectivity index (χ2n) is 4.51. The molecule has 3 rings (SSSR count). The fraction of sp³-hybridized carbons (Fsp3) is 0.0714. The van der Waals surface area contributed by atoms with Gasteiger partial charge in [0.25, 0.3) is 0 Å². The fourth-order valence-electron chi connectivity index (χ4n) is 1.93. The van der Waals surface area contributed by atoms with E-state index in [0.717, 1.165) is 5.52 Å². The molecule has 0 saturated carbocycles. The van der Waals surface area contributed by atoms with Crippen molar-refractivity contribution in [2.24, 2.45) is 0 Å². The first kappa shape index (κ1) is 13.0. The van der Waals surface area contributed by atoms with Crippen LogP contribution in [0, 0.1) is 12.7 Å². The molecule has 0 unspecified atom stereocenters. The van der Waals surface area contributed by atoms with Crippen molar-refractivity contribution in [1.29, 1.82) is 0 Å². The molecule has 0 saturated heterocycles. The molecule has 2 aromatic heterocycles. The number of nitrogens with zero attached hydrogens (tertiary/aromatic N) is 2. The lowest BCUT2D eigenvalue weighted by molar-refractivity contribution is 0.262. The van der Waals surface area contributed by atoms with Crippen molar-refractivity contribution in [2.75, 3.05) is 10.6 Å². The molecule has 0 atom stereocenters. The summed E-state index contributed by atoms with van der Waals surface area (Å²) in [5.41, 5.74) is 2.26. The van der Waals surface area contributed by atoms with Gasteiger partial charge in [0, 0.05) is 11.9 Å². The first-order chi connectivity index (χ1) is 10.1. The number of benzene rings is 1. The number of pyridine rings is 1. The van der Waals surface area contributed by atoms with Gasteiger partial charge in [0.15, 0.2) is 5.82 Å². The number of H-pyrrole nitrogens is 1. The lowest BCUT2D eigenvalue weighted by Crippen LogP contribution is -2.20. The van der Waals surface area contributed by atoms with Crippen molar-refractivity contribution in [2.45, 2.75) is 6.92 Å². The third-order valence-corrected chi connectivity index (χ3v) is 2.97. The Labute approximate surface area is 119 Å². The molecule has 2 heterocycles. The number of hydrogen-bond acceptors (Lipinski definition) is 3. The number of halogens is 1. The van der Waals surface area contributed by atoms with Crippen molar-refractivity contribution in [3.05, 3.63) is 47.9 Å². The van der Waals surface area contributed by atoms with Crippen LogP contribution >= 0.6 is 0 Å². The van der Waals surface area contributed by atoms with Crippen LogP contribution in [0.25, 0.3) is 11.0 Å². The highest BCUT2D eigenvalue weighted by Crippen LogP contribution is 2.18. The lowest BCUT2D eigenvalue weighted by Gasteiger charge is -2.06. The predicted octanol–water partition coefficient (Wildman–Crippen LogP) is 3.05. The first-order valence-corrected chi connectivity index (χ1v) is 6.27. The van der Waals surface area contributed by atoms with Gasteiger partial charge in [0.2, 0.25) is 0 Å². The summed E-state index contributed by atoms with van der Waals surface area (Å²) in [7, 11) is 0. The summed E-state index contributed by atoms with van der Waals surface area (Å²) in [4.78, 5) is 16.1. The number of carbonyl (C=O) groups excluding carboxylic acids is 1. The van der Waals surface area contributed by atoms with E-state index in [1.807, 2.05) is 6.07 Å². The Morgan fingerprint density at radius 2 is 2.14 bits per heavy atom. The molecule has 7 heteroatoms. The zero-order valence-corrected chi connectivity index (χ0v) is 11.1. The Hall–Kier alpha value is -2.96. The third-order valence-electron chi connectivity index (χ3n) is 2.97. The van der Waals surface area contributed by atoms with Gasteiger partial charge < -0.3 is 5.32 Å². The minimum absolute atomic E-state index is 0.316. The van der Waals surface area contributed by atoms with E-state index in [-0.39, 0.29) is 5.82 Å². The van der Waals surface area contributed by atoms with Crippen LogP contribution in [0.15, 0.2) is 36.5 Å². The van der Waals surface area contributed by atoms with E-state index in [1.54, 1.807) is 25.3 Å². The minimum atomic E-state index is -0.472. The maximum atomic E-state index is 13.2. The van der Waals surface area contributed by atoms with Crippen LogP contribution in [0.1, 0.15) is 5.56 Å². The normalized spacial score (nSPS) is 10.6. The quantitative estimate of drug-likeness (QED) is 0.676. The molecule has 0 aliphatic rings. The molecule has 1 aromatic carbocycles. The van der Waals surface area contributed by atoms with Crippen LogP contribution in [0.2, 0.25) is 0 Å². The van der Waals surface area contributed by atoms with E-state index in [1.165, 1.54) is 12.1 Å². The zero-order valence-electron chi connectivity index (χ0n) is 11.1. The Morgan fingerprint density at radius 1 is 1.29 bits per heavy atom. The molecule has 0 spiro atoms. The number of amides is 2. The van der Waals surface area contributed by atoms with E-state index < -0.39 is 6.03 Å². The summed E-state index contributed by atoms with van der Waals surface area (Å²) in [5.74, 6) is 0.0189. The molecule has 0 aliphatic heterocycles. The van der Waals surface area contributed by atoms with Crippen molar-refractivity contribution in [3.63, 3.8) is 0 Å². The van der Waals surface area contributed by atoms with Crippen LogP contribution in [-0.2, 0) is 0 Å². The molecule has 3 N–H and O–H groups in total. The van der Waals surface area contributed by atoms with Crippen molar-refractivity contribution in [3.8, 4) is 0 Å². The minimum Gasteiger partial charge on any atom is -0.308 e. The second kappa shape index (κ2) is 5.20. The van der Waals surface area contributed by atoms with Crippen LogP contribution < -0.4 is 10.6 Å². The number of nitrogens with one attached hydrogen (secondary N) is 3. The molecule has 0 bridgehead atoms. The van der Waals surface area contributed by atoms with Crippen LogP contribution in [0.4, 0.5) is 20.7 Å². The summed E-state index contributed by atoms with van der Waals surface area (Å²) >= 11 is 0. The summed E-state index contributed by atoms with van der Waals surface area (Å²) in [6.45, 7) is 1.63. The first-order valence-electron chi connectivity index (χ1n) is 6.27. The van der Waals surface area contributed by atoms with Gasteiger partial charge in [-0.1, -0.05) is 0 Å². The molecule has 21 heavy (non-hydrogen) atoms. The maximum absolute atomic E-state index is 13.2. The number of aromatic amines is 1. The molecule has 6 nitrogen and oxygen atoms in total. The highest BCUT2D eigenvalue weighted by molar-refractivity contribution is 6.03. The smallest absolute Gasteiger partial charge is 0.308 e. The molecule has 0 radical (unpaired) electrons. The molecule has 3 aromatic rings. The van der Waals surface area contributed by atoms with E-state index >= 15 is 0 Å². The maximum Gasteiger partial charge on any atom is 0.324 e. The largest absolute Gasteiger partial charge is 0.324 e. The van der Waals surface area contributed by atoms with Gasteiger partial charge in [0.05, 0.1) is 5.52 Å². The SMILES string of the molecule is Cc1cc(NC(=O)Nc2n[nH]c3cccnc23)ccc1F. The van der Waals surface area contributed by atoms with E-state index in [9.17, 15) is 9.18 Å². The van der Waals surface area contributed by atoms with Crippen molar-refractivity contribution in [1.82, 2.24) is 15.2 Å². The Morgan fingerprint density at radius 3 is 2.95 bits per heavy atom. The number of aromatic nitrogens is 3. The Kier molecular flexibility index (Phi) is 3.23. The highest BCUT2D eigenvalue weighted by atomic mass is 19.1. The van der Waals surface area contributed by atoms with E-state index in [4.69, 9.17) is 0 Å². The molecule has 0 aliphatic carbocycles. The molecular formula is C14H12FN5O. The van der Waals surface area contributed by atoms with Gasteiger partial charge in [-0.05, 0) is 42.8 Å². The number of carbonyl (C=O) groups is 1. The predicted molar refractivity (Wildman–Crippen MR) is 77.7 cm³/mol. The molecule has 106 valence electrons. The summed E-state index contributed by atoms with van der Waals surface area (Å²) < 4.78 is 13.2. The Balaban J connectivity index is 1.75. The van der Waals surface area contributed by atoms with Crippen molar-refractivity contribution >= 4 is 28.6 Å². The number of anilines is 2. The van der Waals surface area contributed by atoms with Gasteiger partial charge in [-0.2, -0.15) is 5.10 Å². The van der Waals surface area contributed by atoms with Crippen LogP contribution in [0.3, 0.4) is 0 Å². The van der Waals surface area contributed by atoms with Gasteiger partial charge in [0.1, 0.15) is 11.3 Å². The van der Waals surface area contributed by atoms with Gasteiger partial charge in [-0.3, -0.25) is 15.4 Å². The summed E-state index contributed by atoms with van der Waals surface area (Å²) in [5, 5.41) is 12.0. The topological polar surface area (TPSA) is 82.7 Å². The van der Waals surface area contributed by atoms with Gasteiger partial charge in [-0.25, -0.2) is 9.18 Å². The number of aryl methyl sites for hydroxylation is 1. The average molecular weight is 285 g/mol. The van der Waals surface area contributed by atoms with Crippen molar-refractivity contribution < 1.29 is 9.18 Å². The zero-order chi connectivity index (χ0) is 14.8. The number of fused-ring (bicyclic) bond motifs is 1. The highest BCUT2D eigenvalue weighted by Gasteiger charge is 2.10. The fourth-order valence-corrected chi connectivity index (χ4v) is 1.93. The standard InChI is InChI=1S/C14H12FN5O/c1-8-7-9(4-5-10(8)15)17-14(21)18-13-12-11(19-20-13)3-2-6-16-12/h2-7H,1H3,(H3,17,18,19,20,21). The second-order valence-corrected chi connectivity index (χ2v) is 4.51. The summed E-state index contributed by atoms with van der Waals surface area (Å²) in [6, 6.07) is 7.45. The average Bonchev–Trinajstić information content (AvgIpc) is 2.86. The number of rotatable bonds is 2. The lowest BCUT2D eigenvalue weighted by atomic mass is 10.2. The monoisotopic (exact) mass is 285 g/mol. The number of hydrogen-bond donors (Lipinski definition) is 3. The third kappa shape index (κ3) is 2.66. The van der Waals surface area contributed by atoms with Crippen LogP contribution in [0.5, 0.6) is 0 Å². The molecule has 2 amide bonds. The number of urea groups is 1. The molecular weight excluding hydrogens is 273 g/mol.